The number of rotatable bonds is 3. The van der Waals surface area contributed by atoms with Gasteiger partial charge in [0.2, 0.25) is 6.79 Å². The molecule has 0 radical (unpaired) electrons. The second-order valence-corrected chi connectivity index (χ2v) is 4.76. The summed E-state index contributed by atoms with van der Waals surface area (Å²) in [5.74, 6) is 0.863. The van der Waals surface area contributed by atoms with Gasteiger partial charge in [0.25, 0.3) is 5.91 Å². The lowest BCUT2D eigenvalue weighted by Crippen LogP contribution is -2.17. The highest BCUT2D eigenvalue weighted by molar-refractivity contribution is 6.30. The molecule has 0 spiro atoms. The number of hydrogen-bond donors (Lipinski definition) is 1. The second-order valence-electron chi connectivity index (χ2n) is 4.32. The molecule has 0 atom stereocenters. The predicted molar refractivity (Wildman–Crippen MR) is 79.1 cm³/mol. The summed E-state index contributed by atoms with van der Waals surface area (Å²) in [4.78, 5) is 12.0. The molecule has 21 heavy (non-hydrogen) atoms. The molecule has 1 aliphatic heterocycles. The van der Waals surface area contributed by atoms with Crippen molar-refractivity contribution in [2.24, 2.45) is 5.10 Å². The van der Waals surface area contributed by atoms with Gasteiger partial charge in [-0.05, 0) is 35.9 Å². The van der Waals surface area contributed by atoms with Crippen molar-refractivity contribution in [2.75, 3.05) is 6.79 Å². The molecule has 106 valence electrons. The number of hydrogen-bond acceptors (Lipinski definition) is 4. The van der Waals surface area contributed by atoms with Crippen LogP contribution in [0.4, 0.5) is 0 Å². The van der Waals surface area contributed by atoms with Crippen LogP contribution in [-0.2, 0) is 0 Å². The van der Waals surface area contributed by atoms with Crippen LogP contribution in [0.5, 0.6) is 11.5 Å². The molecule has 1 aliphatic rings. The van der Waals surface area contributed by atoms with Crippen LogP contribution in [-0.4, -0.2) is 18.9 Å². The van der Waals surface area contributed by atoms with Gasteiger partial charge >= 0.3 is 0 Å². The molecule has 3 rings (SSSR count). The highest BCUT2D eigenvalue weighted by Gasteiger charge is 2.15. The van der Waals surface area contributed by atoms with Gasteiger partial charge < -0.3 is 9.47 Å². The lowest BCUT2D eigenvalue weighted by molar-refractivity contribution is 0.0954. The number of fused-ring (bicyclic) bond motifs is 1. The van der Waals surface area contributed by atoms with E-state index in [-0.39, 0.29) is 12.7 Å². The van der Waals surface area contributed by atoms with Crippen molar-refractivity contribution in [2.45, 2.75) is 0 Å². The Kier molecular flexibility index (Phi) is 3.75. The molecular formula is C15H11ClN2O3. The van der Waals surface area contributed by atoms with Crippen molar-refractivity contribution in [3.63, 3.8) is 0 Å². The molecule has 2 aromatic carbocycles. The van der Waals surface area contributed by atoms with E-state index in [1.807, 2.05) is 12.1 Å². The fraction of sp³-hybridized carbons (Fsp3) is 0.0667. The maximum absolute atomic E-state index is 12.0. The summed E-state index contributed by atoms with van der Waals surface area (Å²) >= 11 is 5.86. The molecule has 0 unspecified atom stereocenters. The summed E-state index contributed by atoms with van der Waals surface area (Å²) in [6.45, 7) is 0.174. The molecular weight excluding hydrogens is 292 g/mol. The number of carbonyl (C=O) groups excluding carboxylic acids is 1. The van der Waals surface area contributed by atoms with Gasteiger partial charge in [0, 0.05) is 10.6 Å². The van der Waals surface area contributed by atoms with Crippen LogP contribution in [0.3, 0.4) is 0 Å². The SMILES string of the molecule is O=C(N/N=C\c1cccc(Cl)c1)c1ccc2c(c1)OCO2. The zero-order chi connectivity index (χ0) is 14.7. The summed E-state index contributed by atoms with van der Waals surface area (Å²) in [7, 11) is 0. The van der Waals surface area contributed by atoms with Crippen LogP contribution in [0.15, 0.2) is 47.6 Å². The highest BCUT2D eigenvalue weighted by atomic mass is 35.5. The molecule has 2 aromatic rings. The van der Waals surface area contributed by atoms with Crippen molar-refractivity contribution < 1.29 is 14.3 Å². The number of nitrogens with one attached hydrogen (secondary N) is 1. The fourth-order valence-electron chi connectivity index (χ4n) is 1.85. The Hall–Kier alpha value is -2.53. The molecule has 0 bridgehead atoms. The van der Waals surface area contributed by atoms with Crippen molar-refractivity contribution in [3.8, 4) is 11.5 Å². The van der Waals surface area contributed by atoms with Gasteiger partial charge in [0.05, 0.1) is 6.21 Å². The first kappa shape index (κ1) is 13.5. The van der Waals surface area contributed by atoms with Gasteiger partial charge in [-0.1, -0.05) is 23.7 Å². The van der Waals surface area contributed by atoms with Crippen molar-refractivity contribution in [3.05, 3.63) is 58.6 Å². The quantitative estimate of drug-likeness (QED) is 0.700. The smallest absolute Gasteiger partial charge is 0.271 e. The number of benzene rings is 2. The van der Waals surface area contributed by atoms with Crippen LogP contribution in [0.1, 0.15) is 15.9 Å². The zero-order valence-corrected chi connectivity index (χ0v) is 11.6. The number of ether oxygens (including phenoxy) is 2. The average Bonchev–Trinajstić information content (AvgIpc) is 2.94. The summed E-state index contributed by atoms with van der Waals surface area (Å²) in [5, 5.41) is 4.51. The van der Waals surface area contributed by atoms with Gasteiger partial charge in [-0.3, -0.25) is 4.79 Å². The lowest BCUT2D eigenvalue weighted by Gasteiger charge is -2.01. The van der Waals surface area contributed by atoms with Gasteiger partial charge in [-0.15, -0.1) is 0 Å². The average molecular weight is 303 g/mol. The van der Waals surface area contributed by atoms with E-state index >= 15 is 0 Å². The third-order valence-electron chi connectivity index (χ3n) is 2.86. The predicted octanol–water partition coefficient (Wildman–Crippen LogP) is 2.83. The Morgan fingerprint density at radius 3 is 2.90 bits per heavy atom. The third-order valence-corrected chi connectivity index (χ3v) is 3.10. The van der Waals surface area contributed by atoms with Crippen molar-refractivity contribution in [1.82, 2.24) is 5.43 Å². The molecule has 0 saturated carbocycles. The van der Waals surface area contributed by atoms with E-state index in [2.05, 4.69) is 10.5 Å². The Morgan fingerprint density at radius 1 is 1.19 bits per heavy atom. The van der Waals surface area contributed by atoms with Crippen LogP contribution in [0.2, 0.25) is 5.02 Å². The minimum atomic E-state index is -0.327. The molecule has 1 heterocycles. The second kappa shape index (κ2) is 5.85. The largest absolute Gasteiger partial charge is 0.454 e. The van der Waals surface area contributed by atoms with E-state index < -0.39 is 0 Å². The van der Waals surface area contributed by atoms with Crippen LogP contribution >= 0.6 is 11.6 Å². The minimum absolute atomic E-state index is 0.174. The van der Waals surface area contributed by atoms with Gasteiger partial charge in [-0.2, -0.15) is 5.10 Å². The molecule has 0 aliphatic carbocycles. The summed E-state index contributed by atoms with van der Waals surface area (Å²) in [6.07, 6.45) is 1.52. The van der Waals surface area contributed by atoms with Crippen LogP contribution in [0, 0.1) is 0 Å². The van der Waals surface area contributed by atoms with E-state index in [1.165, 1.54) is 6.21 Å². The minimum Gasteiger partial charge on any atom is -0.454 e. The molecule has 0 saturated heterocycles. The summed E-state index contributed by atoms with van der Waals surface area (Å²) in [5.41, 5.74) is 3.70. The molecule has 5 nitrogen and oxygen atoms in total. The number of hydrazone groups is 1. The van der Waals surface area contributed by atoms with E-state index in [1.54, 1.807) is 30.3 Å². The van der Waals surface area contributed by atoms with E-state index in [9.17, 15) is 4.79 Å². The first-order valence-corrected chi connectivity index (χ1v) is 6.59. The number of nitrogens with zero attached hydrogens (tertiary/aromatic N) is 1. The van der Waals surface area contributed by atoms with Crippen molar-refractivity contribution >= 4 is 23.7 Å². The zero-order valence-electron chi connectivity index (χ0n) is 10.9. The Labute approximate surface area is 126 Å². The molecule has 1 amide bonds. The van der Waals surface area contributed by atoms with Gasteiger partial charge in [0.15, 0.2) is 11.5 Å². The van der Waals surface area contributed by atoms with Gasteiger partial charge in [0.1, 0.15) is 0 Å². The first-order valence-electron chi connectivity index (χ1n) is 6.21. The van der Waals surface area contributed by atoms with E-state index in [0.29, 0.717) is 22.1 Å². The third kappa shape index (κ3) is 3.14. The monoisotopic (exact) mass is 302 g/mol. The standard InChI is InChI=1S/C15H11ClN2O3/c16-12-3-1-2-10(6-12)8-17-18-15(19)11-4-5-13-14(7-11)21-9-20-13/h1-8H,9H2,(H,18,19)/b17-8-. The Balaban J connectivity index is 1.66. The first-order chi connectivity index (χ1) is 10.2. The number of amides is 1. The number of halogens is 1. The lowest BCUT2D eigenvalue weighted by atomic mass is 10.2. The molecule has 1 N–H and O–H groups in total. The van der Waals surface area contributed by atoms with Gasteiger partial charge in [-0.25, -0.2) is 5.43 Å². The van der Waals surface area contributed by atoms with E-state index in [0.717, 1.165) is 5.56 Å². The van der Waals surface area contributed by atoms with E-state index in [4.69, 9.17) is 21.1 Å². The Bertz CT molecular complexity index is 716. The molecule has 6 heteroatoms. The fourth-order valence-corrected chi connectivity index (χ4v) is 2.05. The molecule has 0 fully saturated rings. The normalized spacial score (nSPS) is 12.6. The maximum atomic E-state index is 12.0. The van der Waals surface area contributed by atoms with Crippen LogP contribution < -0.4 is 14.9 Å². The molecule has 0 aromatic heterocycles. The maximum Gasteiger partial charge on any atom is 0.271 e. The van der Waals surface area contributed by atoms with Crippen LogP contribution in [0.25, 0.3) is 0 Å². The van der Waals surface area contributed by atoms with Crippen molar-refractivity contribution in [1.29, 1.82) is 0 Å². The Morgan fingerprint density at radius 2 is 2.05 bits per heavy atom. The summed E-state index contributed by atoms with van der Waals surface area (Å²) in [6, 6.07) is 12.1. The number of carbonyl (C=O) groups is 1. The topological polar surface area (TPSA) is 59.9 Å². The summed E-state index contributed by atoms with van der Waals surface area (Å²) < 4.78 is 10.4. The highest BCUT2D eigenvalue weighted by Crippen LogP contribution is 2.32.